The molecule has 1 N–H and O–H groups in total. The number of benzene rings is 1. The lowest BCUT2D eigenvalue weighted by atomic mass is 10.0. The molecule has 1 rings (SSSR count). The van der Waals surface area contributed by atoms with Gasteiger partial charge >= 0.3 is 6.18 Å². The van der Waals surface area contributed by atoms with Gasteiger partial charge in [0.15, 0.2) is 0 Å². The quantitative estimate of drug-likeness (QED) is 0.800. The summed E-state index contributed by atoms with van der Waals surface area (Å²) in [6.07, 6.45) is -2.58. The van der Waals surface area contributed by atoms with Crippen molar-refractivity contribution in [2.45, 2.75) is 45.8 Å². The van der Waals surface area contributed by atoms with Crippen LogP contribution in [0.5, 0.6) is 5.75 Å². The second-order valence-corrected chi connectivity index (χ2v) is 5.43. The van der Waals surface area contributed by atoms with Gasteiger partial charge in [0.1, 0.15) is 5.75 Å². The van der Waals surface area contributed by atoms with Crippen LogP contribution >= 0.6 is 0 Å². The van der Waals surface area contributed by atoms with Gasteiger partial charge in [-0.2, -0.15) is 13.2 Å². The lowest BCUT2D eigenvalue weighted by molar-refractivity contribution is -0.137. The molecule has 1 unspecified atom stereocenters. The van der Waals surface area contributed by atoms with E-state index in [-0.39, 0.29) is 17.5 Å². The smallest absolute Gasteiger partial charge is 0.418 e. The lowest BCUT2D eigenvalue weighted by Crippen LogP contribution is -2.19. The van der Waals surface area contributed by atoms with Crippen LogP contribution in [0.4, 0.5) is 18.9 Å². The van der Waals surface area contributed by atoms with Crippen molar-refractivity contribution in [3.63, 3.8) is 0 Å². The van der Waals surface area contributed by atoms with Gasteiger partial charge in [0.25, 0.3) is 0 Å². The van der Waals surface area contributed by atoms with Gasteiger partial charge < -0.3 is 10.1 Å². The molecule has 0 saturated carbocycles. The number of rotatable bonds is 6. The Morgan fingerprint density at radius 1 is 1.15 bits per heavy atom. The van der Waals surface area contributed by atoms with Crippen molar-refractivity contribution in [1.82, 2.24) is 0 Å². The molecule has 0 aliphatic heterocycles. The summed E-state index contributed by atoms with van der Waals surface area (Å²) >= 11 is 0. The maximum atomic E-state index is 13.0. The van der Waals surface area contributed by atoms with Crippen LogP contribution in [0.1, 0.15) is 39.2 Å². The van der Waals surface area contributed by atoms with Crippen LogP contribution in [0.3, 0.4) is 0 Å². The summed E-state index contributed by atoms with van der Waals surface area (Å²) in [6.45, 7) is 6.09. The molecule has 2 nitrogen and oxygen atoms in total. The molecule has 1 aromatic carbocycles. The maximum Gasteiger partial charge on any atom is 0.418 e. The molecule has 114 valence electrons. The number of nitrogens with one attached hydrogen (secondary N) is 1. The van der Waals surface area contributed by atoms with E-state index in [1.165, 1.54) is 19.2 Å². The molecule has 0 radical (unpaired) electrons. The normalized spacial score (nSPS) is 13.4. The number of hydrogen-bond acceptors (Lipinski definition) is 2. The molecule has 0 aliphatic carbocycles. The zero-order valence-corrected chi connectivity index (χ0v) is 12.3. The third-order valence-electron chi connectivity index (χ3n) is 3.11. The predicted octanol–water partition coefficient (Wildman–Crippen LogP) is 4.95. The average molecular weight is 289 g/mol. The molecule has 1 atom stereocenters. The summed E-state index contributed by atoms with van der Waals surface area (Å²) in [4.78, 5) is 0. The van der Waals surface area contributed by atoms with Crippen molar-refractivity contribution < 1.29 is 17.9 Å². The van der Waals surface area contributed by atoms with Crippen LogP contribution in [0.2, 0.25) is 0 Å². The highest BCUT2D eigenvalue weighted by atomic mass is 19.4. The second kappa shape index (κ2) is 6.86. The van der Waals surface area contributed by atoms with Crippen molar-refractivity contribution >= 4 is 5.69 Å². The second-order valence-electron chi connectivity index (χ2n) is 5.43. The fourth-order valence-electron chi connectivity index (χ4n) is 1.93. The summed E-state index contributed by atoms with van der Waals surface area (Å²) in [5.41, 5.74) is -0.581. The Labute approximate surface area is 118 Å². The van der Waals surface area contributed by atoms with Gasteiger partial charge in [-0.3, -0.25) is 0 Å². The average Bonchev–Trinajstić information content (AvgIpc) is 2.35. The van der Waals surface area contributed by atoms with E-state index in [2.05, 4.69) is 19.2 Å². The number of halogens is 3. The van der Waals surface area contributed by atoms with E-state index in [0.717, 1.165) is 18.9 Å². The summed E-state index contributed by atoms with van der Waals surface area (Å²) in [5, 5.41) is 2.95. The molecule has 0 fully saturated rings. The molecule has 0 heterocycles. The Balaban J connectivity index is 2.88. The number of methoxy groups -OCH3 is 1. The summed E-state index contributed by atoms with van der Waals surface area (Å²) < 4.78 is 44.0. The number of anilines is 1. The van der Waals surface area contributed by atoms with Gasteiger partial charge in [0.2, 0.25) is 0 Å². The lowest BCUT2D eigenvalue weighted by Gasteiger charge is -2.20. The number of hydrogen-bond donors (Lipinski definition) is 1. The van der Waals surface area contributed by atoms with E-state index in [1.807, 2.05) is 6.92 Å². The van der Waals surface area contributed by atoms with Crippen LogP contribution < -0.4 is 10.1 Å². The first-order chi connectivity index (χ1) is 9.24. The molecule has 20 heavy (non-hydrogen) atoms. The molecule has 0 aromatic heterocycles. The van der Waals surface area contributed by atoms with Gasteiger partial charge in [0.05, 0.1) is 12.7 Å². The van der Waals surface area contributed by atoms with Gasteiger partial charge in [-0.15, -0.1) is 0 Å². The monoisotopic (exact) mass is 289 g/mol. The van der Waals surface area contributed by atoms with Crippen LogP contribution in [0.15, 0.2) is 18.2 Å². The zero-order valence-electron chi connectivity index (χ0n) is 12.3. The molecule has 0 bridgehead atoms. The minimum atomic E-state index is -4.39. The molecule has 0 saturated heterocycles. The molecular weight excluding hydrogens is 267 g/mol. The van der Waals surface area contributed by atoms with Gasteiger partial charge in [-0.25, -0.2) is 0 Å². The molecular formula is C15H22F3NO. The van der Waals surface area contributed by atoms with E-state index < -0.39 is 11.7 Å². The fraction of sp³-hybridized carbons (Fsp3) is 0.600. The third-order valence-corrected chi connectivity index (χ3v) is 3.11. The van der Waals surface area contributed by atoms with Crippen molar-refractivity contribution in [2.24, 2.45) is 5.92 Å². The molecule has 1 aromatic rings. The topological polar surface area (TPSA) is 21.3 Å². The van der Waals surface area contributed by atoms with E-state index in [0.29, 0.717) is 5.92 Å². The maximum absolute atomic E-state index is 13.0. The molecule has 0 aliphatic rings. The van der Waals surface area contributed by atoms with E-state index in [4.69, 9.17) is 4.74 Å². The van der Waals surface area contributed by atoms with Crippen molar-refractivity contribution in [3.05, 3.63) is 23.8 Å². The van der Waals surface area contributed by atoms with Crippen molar-refractivity contribution in [2.75, 3.05) is 12.4 Å². The van der Waals surface area contributed by atoms with Crippen molar-refractivity contribution in [1.29, 1.82) is 0 Å². The first kappa shape index (κ1) is 16.7. The zero-order chi connectivity index (χ0) is 15.3. The molecule has 0 amide bonds. The van der Waals surface area contributed by atoms with E-state index in [1.54, 1.807) is 0 Å². The Hall–Kier alpha value is -1.39. The van der Waals surface area contributed by atoms with Crippen LogP contribution in [-0.4, -0.2) is 13.2 Å². The standard InChI is InChI=1S/C15H22F3NO/c1-10(2)5-6-11(3)19-14-8-7-12(20-4)9-13(14)15(16,17)18/h7-11,19H,5-6H2,1-4H3. The summed E-state index contributed by atoms with van der Waals surface area (Å²) in [6, 6.07) is 3.98. The van der Waals surface area contributed by atoms with Crippen LogP contribution in [-0.2, 0) is 6.18 Å². The number of ether oxygens (including phenoxy) is 1. The highest BCUT2D eigenvalue weighted by Crippen LogP contribution is 2.37. The SMILES string of the molecule is COc1ccc(NC(C)CCC(C)C)c(C(F)(F)F)c1. The fourth-order valence-corrected chi connectivity index (χ4v) is 1.93. The minimum absolute atomic E-state index is 0.00750. The van der Waals surface area contributed by atoms with Crippen molar-refractivity contribution in [3.8, 4) is 5.75 Å². The van der Waals surface area contributed by atoms with E-state index in [9.17, 15) is 13.2 Å². The van der Waals surface area contributed by atoms with Crippen LogP contribution in [0, 0.1) is 5.92 Å². The van der Waals surface area contributed by atoms with Crippen LogP contribution in [0.25, 0.3) is 0 Å². The third kappa shape index (κ3) is 4.94. The first-order valence-corrected chi connectivity index (χ1v) is 6.75. The van der Waals surface area contributed by atoms with Gasteiger partial charge in [-0.05, 0) is 43.9 Å². The largest absolute Gasteiger partial charge is 0.497 e. The summed E-state index contributed by atoms with van der Waals surface area (Å²) in [7, 11) is 1.36. The summed E-state index contributed by atoms with van der Waals surface area (Å²) in [5.74, 6) is 0.745. The highest BCUT2D eigenvalue weighted by Gasteiger charge is 2.34. The Bertz CT molecular complexity index is 430. The van der Waals surface area contributed by atoms with Gasteiger partial charge in [0, 0.05) is 11.7 Å². The van der Waals surface area contributed by atoms with Gasteiger partial charge in [-0.1, -0.05) is 13.8 Å². The Morgan fingerprint density at radius 2 is 1.80 bits per heavy atom. The molecule has 0 spiro atoms. The Kier molecular flexibility index (Phi) is 5.72. The molecule has 5 heteroatoms. The Morgan fingerprint density at radius 3 is 2.30 bits per heavy atom. The highest BCUT2D eigenvalue weighted by molar-refractivity contribution is 5.56. The number of alkyl halides is 3. The van der Waals surface area contributed by atoms with E-state index >= 15 is 0 Å². The first-order valence-electron chi connectivity index (χ1n) is 6.75. The minimum Gasteiger partial charge on any atom is -0.497 e. The predicted molar refractivity (Wildman–Crippen MR) is 75.2 cm³/mol.